The number of ether oxygens (including phenoxy) is 1. The Kier molecular flexibility index (Phi) is 9.04. The van der Waals surface area contributed by atoms with E-state index < -0.39 is 22.8 Å². The molecule has 27 heavy (non-hydrogen) atoms. The number of hydrogen-bond donors (Lipinski definition) is 2. The highest BCUT2D eigenvalue weighted by Crippen LogP contribution is 2.08. The van der Waals surface area contributed by atoms with E-state index in [-0.39, 0.29) is 12.5 Å². The predicted octanol–water partition coefficient (Wildman–Crippen LogP) is 2.23. The Morgan fingerprint density at radius 1 is 1.19 bits per heavy atom. The SMILES string of the molecule is CC(C)(C)OC(=O)NC(Cc1ccccc1)C(=O)NCCCCO[N+](=O)[O-]. The molecule has 1 aromatic rings. The molecule has 1 unspecified atom stereocenters. The lowest BCUT2D eigenvalue weighted by atomic mass is 10.1. The summed E-state index contributed by atoms with van der Waals surface area (Å²) in [6.07, 6.45) is 0.600. The van der Waals surface area contributed by atoms with Crippen LogP contribution in [-0.2, 0) is 20.8 Å². The molecule has 0 bridgehead atoms. The normalized spacial score (nSPS) is 12.0. The molecular weight excluding hydrogens is 354 g/mol. The third-order valence-corrected chi connectivity index (χ3v) is 3.36. The van der Waals surface area contributed by atoms with Crippen LogP contribution in [0.5, 0.6) is 0 Å². The second-order valence-corrected chi connectivity index (χ2v) is 6.94. The molecule has 0 fully saturated rings. The van der Waals surface area contributed by atoms with Crippen molar-refractivity contribution >= 4 is 12.0 Å². The van der Waals surface area contributed by atoms with Gasteiger partial charge in [-0.3, -0.25) is 4.79 Å². The van der Waals surface area contributed by atoms with Crippen LogP contribution in [0.15, 0.2) is 30.3 Å². The van der Waals surface area contributed by atoms with Crippen molar-refractivity contribution in [2.24, 2.45) is 0 Å². The van der Waals surface area contributed by atoms with E-state index in [4.69, 9.17) is 4.74 Å². The minimum atomic E-state index is -0.848. The van der Waals surface area contributed by atoms with Crippen molar-refractivity contribution in [2.45, 2.75) is 51.7 Å². The summed E-state index contributed by atoms with van der Waals surface area (Å²) in [7, 11) is 0. The Bertz CT molecular complexity index is 615. The molecule has 9 nitrogen and oxygen atoms in total. The van der Waals surface area contributed by atoms with Gasteiger partial charge in [0.25, 0.3) is 5.09 Å². The van der Waals surface area contributed by atoms with E-state index in [9.17, 15) is 19.7 Å². The molecule has 0 saturated heterocycles. The van der Waals surface area contributed by atoms with Crippen molar-refractivity contribution in [1.29, 1.82) is 0 Å². The molecule has 1 atom stereocenters. The molecule has 1 rings (SSSR count). The van der Waals surface area contributed by atoms with Gasteiger partial charge in [0.1, 0.15) is 11.6 Å². The molecule has 0 radical (unpaired) electrons. The van der Waals surface area contributed by atoms with Crippen molar-refractivity contribution in [3.63, 3.8) is 0 Å². The van der Waals surface area contributed by atoms with Gasteiger partial charge in [-0.05, 0) is 39.2 Å². The number of carbonyl (C=O) groups is 2. The largest absolute Gasteiger partial charge is 0.444 e. The zero-order chi connectivity index (χ0) is 20.3. The topological polar surface area (TPSA) is 120 Å². The van der Waals surface area contributed by atoms with Gasteiger partial charge in [-0.2, -0.15) is 0 Å². The Balaban J connectivity index is 2.57. The van der Waals surface area contributed by atoms with E-state index in [1.165, 1.54) is 0 Å². The van der Waals surface area contributed by atoms with Crippen LogP contribution in [0.3, 0.4) is 0 Å². The average molecular weight is 381 g/mol. The summed E-state index contributed by atoms with van der Waals surface area (Å²) in [5, 5.41) is 14.5. The lowest BCUT2D eigenvalue weighted by Crippen LogP contribution is -2.49. The Morgan fingerprint density at radius 2 is 1.85 bits per heavy atom. The summed E-state index contributed by atoms with van der Waals surface area (Å²) in [4.78, 5) is 38.8. The lowest BCUT2D eigenvalue weighted by molar-refractivity contribution is -0.757. The van der Waals surface area contributed by atoms with Crippen molar-refractivity contribution in [1.82, 2.24) is 10.6 Å². The second-order valence-electron chi connectivity index (χ2n) is 6.94. The number of rotatable bonds is 10. The van der Waals surface area contributed by atoms with Crippen LogP contribution in [0.2, 0.25) is 0 Å². The first-order chi connectivity index (χ1) is 12.7. The fraction of sp³-hybridized carbons (Fsp3) is 0.556. The van der Waals surface area contributed by atoms with E-state index >= 15 is 0 Å². The predicted molar refractivity (Wildman–Crippen MR) is 98.5 cm³/mol. The standard InChI is InChI=1S/C18H27N3O6/c1-18(2,3)27-17(23)20-15(13-14-9-5-4-6-10-14)16(22)19-11-7-8-12-26-21(24)25/h4-6,9-10,15H,7-8,11-13H2,1-3H3,(H,19,22)(H,20,23). The number of benzene rings is 1. The van der Waals surface area contributed by atoms with Gasteiger partial charge >= 0.3 is 6.09 Å². The second kappa shape index (κ2) is 11.0. The van der Waals surface area contributed by atoms with Crippen LogP contribution in [-0.4, -0.2) is 41.9 Å². The first-order valence-electron chi connectivity index (χ1n) is 8.76. The van der Waals surface area contributed by atoms with Crippen LogP contribution in [0, 0.1) is 10.1 Å². The minimum Gasteiger partial charge on any atom is -0.444 e. The molecule has 2 N–H and O–H groups in total. The monoisotopic (exact) mass is 381 g/mol. The summed E-state index contributed by atoms with van der Waals surface area (Å²) in [5.74, 6) is -0.347. The van der Waals surface area contributed by atoms with Gasteiger partial charge < -0.3 is 20.2 Å². The van der Waals surface area contributed by atoms with Crippen molar-refractivity contribution in [3.8, 4) is 0 Å². The van der Waals surface area contributed by atoms with Crippen LogP contribution >= 0.6 is 0 Å². The van der Waals surface area contributed by atoms with Crippen LogP contribution < -0.4 is 10.6 Å². The number of alkyl carbamates (subject to hydrolysis) is 1. The highest BCUT2D eigenvalue weighted by Gasteiger charge is 2.24. The van der Waals surface area contributed by atoms with Gasteiger partial charge in [0.15, 0.2) is 0 Å². The highest BCUT2D eigenvalue weighted by atomic mass is 16.9. The Hall–Kier alpha value is -2.84. The molecule has 0 spiro atoms. The van der Waals surface area contributed by atoms with Gasteiger partial charge in [-0.1, -0.05) is 30.3 Å². The van der Waals surface area contributed by atoms with Gasteiger partial charge in [-0.15, -0.1) is 10.1 Å². The molecular formula is C18H27N3O6. The zero-order valence-electron chi connectivity index (χ0n) is 15.9. The van der Waals surface area contributed by atoms with E-state index in [1.54, 1.807) is 20.8 Å². The summed E-state index contributed by atoms with van der Waals surface area (Å²) in [6.45, 7) is 5.53. The number of amides is 2. The van der Waals surface area contributed by atoms with Crippen LogP contribution in [0.1, 0.15) is 39.2 Å². The van der Waals surface area contributed by atoms with Gasteiger partial charge in [0.05, 0.1) is 6.61 Å². The molecule has 0 aliphatic carbocycles. The fourth-order valence-corrected chi connectivity index (χ4v) is 2.21. The lowest BCUT2D eigenvalue weighted by Gasteiger charge is -2.23. The third-order valence-electron chi connectivity index (χ3n) is 3.36. The zero-order valence-corrected chi connectivity index (χ0v) is 15.9. The first kappa shape index (κ1) is 22.2. The van der Waals surface area contributed by atoms with Crippen LogP contribution in [0.4, 0.5) is 4.79 Å². The molecule has 2 amide bonds. The number of carbonyl (C=O) groups excluding carboxylic acids is 2. The maximum Gasteiger partial charge on any atom is 0.408 e. The molecule has 9 heteroatoms. The van der Waals surface area contributed by atoms with E-state index in [1.807, 2.05) is 30.3 Å². The number of unbranched alkanes of at least 4 members (excludes halogenated alkanes) is 1. The van der Waals surface area contributed by atoms with Crippen molar-refractivity contribution in [3.05, 3.63) is 46.0 Å². The molecule has 0 saturated carbocycles. The number of nitrogens with one attached hydrogen (secondary N) is 2. The van der Waals surface area contributed by atoms with Crippen LogP contribution in [0.25, 0.3) is 0 Å². The average Bonchev–Trinajstić information content (AvgIpc) is 2.56. The van der Waals surface area contributed by atoms with Gasteiger partial charge in [0.2, 0.25) is 5.91 Å². The minimum absolute atomic E-state index is 0.0214. The molecule has 0 aliphatic rings. The molecule has 150 valence electrons. The molecule has 0 aromatic heterocycles. The number of hydrogen-bond acceptors (Lipinski definition) is 6. The van der Waals surface area contributed by atoms with E-state index in [0.717, 1.165) is 5.56 Å². The Labute approximate surface area is 158 Å². The summed E-state index contributed by atoms with van der Waals surface area (Å²) >= 11 is 0. The van der Waals surface area contributed by atoms with E-state index in [2.05, 4.69) is 15.5 Å². The van der Waals surface area contributed by atoms with Crippen molar-refractivity contribution < 1.29 is 24.3 Å². The maximum atomic E-state index is 12.5. The fourth-order valence-electron chi connectivity index (χ4n) is 2.21. The summed E-state index contributed by atoms with van der Waals surface area (Å²) in [5.41, 5.74) is 0.225. The third kappa shape index (κ3) is 10.7. The Morgan fingerprint density at radius 3 is 2.44 bits per heavy atom. The van der Waals surface area contributed by atoms with E-state index in [0.29, 0.717) is 25.8 Å². The van der Waals surface area contributed by atoms with Gasteiger partial charge in [0, 0.05) is 13.0 Å². The quantitative estimate of drug-likeness (QED) is 0.364. The first-order valence-corrected chi connectivity index (χ1v) is 8.76. The maximum absolute atomic E-state index is 12.5. The highest BCUT2D eigenvalue weighted by molar-refractivity contribution is 5.86. The smallest absolute Gasteiger partial charge is 0.408 e. The number of nitrogens with zero attached hydrogens (tertiary/aromatic N) is 1. The molecule has 0 aliphatic heterocycles. The molecule has 0 heterocycles. The summed E-state index contributed by atoms with van der Waals surface area (Å²) < 4.78 is 5.23. The summed E-state index contributed by atoms with van der Waals surface area (Å²) in [6, 6.07) is 8.52. The molecule has 1 aromatic carbocycles. The van der Waals surface area contributed by atoms with Crippen molar-refractivity contribution in [2.75, 3.05) is 13.2 Å². The van der Waals surface area contributed by atoms with Gasteiger partial charge in [-0.25, -0.2) is 4.79 Å².